The largest absolute Gasteiger partial charge is 0.494 e. The molecule has 0 aliphatic carbocycles. The lowest BCUT2D eigenvalue weighted by Gasteiger charge is -2.20. The van der Waals surface area contributed by atoms with Gasteiger partial charge in [0.25, 0.3) is 5.91 Å². The number of carbonyl (C=O) groups is 2. The Morgan fingerprint density at radius 1 is 1.00 bits per heavy atom. The van der Waals surface area contributed by atoms with Crippen molar-refractivity contribution in [3.63, 3.8) is 0 Å². The van der Waals surface area contributed by atoms with Crippen LogP contribution in [-0.2, 0) is 4.79 Å². The molecule has 2 amide bonds. The molecule has 3 aromatic rings. The number of rotatable bonds is 9. The molecule has 6 heteroatoms. The fraction of sp³-hybridized carbons (Fsp3) is 0.120. The van der Waals surface area contributed by atoms with Crippen LogP contribution in [0.5, 0.6) is 5.75 Å². The monoisotopic (exact) mass is 418 g/mol. The first kappa shape index (κ1) is 21.8. The Hall–Kier alpha value is -3.93. The predicted octanol–water partition coefficient (Wildman–Crippen LogP) is 4.89. The standard InChI is InChI=1S/C25H23FN2O3/c1-2-24(29)27-21-8-6-7-19(17-21)25(30)28-23(18-11-13-20(26)14-12-18)15-16-31-22-9-4-3-5-10-22/h2-14,17,23H,1,15-16H2,(H,27,29)(H,28,30). The van der Waals surface area contributed by atoms with Gasteiger partial charge in [0.2, 0.25) is 5.91 Å². The third-order valence-electron chi connectivity index (χ3n) is 4.57. The summed E-state index contributed by atoms with van der Waals surface area (Å²) in [6.07, 6.45) is 1.64. The number of para-hydroxylation sites is 1. The van der Waals surface area contributed by atoms with E-state index in [9.17, 15) is 14.0 Å². The maximum absolute atomic E-state index is 13.4. The van der Waals surface area contributed by atoms with E-state index in [1.165, 1.54) is 12.1 Å². The van der Waals surface area contributed by atoms with Gasteiger partial charge in [-0.3, -0.25) is 9.59 Å². The molecule has 158 valence electrons. The van der Waals surface area contributed by atoms with E-state index in [1.807, 2.05) is 30.3 Å². The lowest BCUT2D eigenvalue weighted by atomic mass is 10.0. The van der Waals surface area contributed by atoms with Crippen LogP contribution in [0.25, 0.3) is 0 Å². The highest BCUT2D eigenvalue weighted by molar-refractivity contribution is 6.00. The number of anilines is 1. The molecule has 0 spiro atoms. The van der Waals surface area contributed by atoms with Crippen molar-refractivity contribution in [2.75, 3.05) is 11.9 Å². The molecular formula is C25H23FN2O3. The lowest BCUT2D eigenvalue weighted by Crippen LogP contribution is -2.30. The maximum Gasteiger partial charge on any atom is 0.251 e. The van der Waals surface area contributed by atoms with Crippen LogP contribution in [0.3, 0.4) is 0 Å². The fourth-order valence-electron chi connectivity index (χ4n) is 3.00. The number of ether oxygens (including phenoxy) is 1. The minimum atomic E-state index is -0.386. The zero-order chi connectivity index (χ0) is 22.1. The zero-order valence-electron chi connectivity index (χ0n) is 16.9. The van der Waals surface area contributed by atoms with Gasteiger partial charge < -0.3 is 15.4 Å². The topological polar surface area (TPSA) is 67.4 Å². The molecule has 0 bridgehead atoms. The van der Waals surface area contributed by atoms with E-state index in [2.05, 4.69) is 17.2 Å². The van der Waals surface area contributed by atoms with E-state index in [-0.39, 0.29) is 23.7 Å². The second-order valence-electron chi connectivity index (χ2n) is 6.80. The second kappa shape index (κ2) is 10.7. The normalized spacial score (nSPS) is 11.3. The number of amides is 2. The molecule has 0 saturated heterocycles. The second-order valence-corrected chi connectivity index (χ2v) is 6.80. The molecule has 3 rings (SSSR count). The smallest absolute Gasteiger partial charge is 0.251 e. The molecule has 0 aromatic heterocycles. The van der Waals surface area contributed by atoms with Crippen LogP contribution >= 0.6 is 0 Å². The Morgan fingerprint density at radius 2 is 1.74 bits per heavy atom. The third kappa shape index (κ3) is 6.54. The van der Waals surface area contributed by atoms with Crippen LogP contribution in [0.4, 0.5) is 10.1 Å². The summed E-state index contributed by atoms with van der Waals surface area (Å²) >= 11 is 0. The van der Waals surface area contributed by atoms with E-state index in [4.69, 9.17) is 4.74 Å². The van der Waals surface area contributed by atoms with Crippen LogP contribution in [0.2, 0.25) is 0 Å². The number of hydrogen-bond donors (Lipinski definition) is 2. The summed E-state index contributed by atoms with van der Waals surface area (Å²) in [7, 11) is 0. The molecule has 0 aliphatic rings. The number of benzene rings is 3. The van der Waals surface area contributed by atoms with Crippen LogP contribution in [0.1, 0.15) is 28.4 Å². The molecule has 0 heterocycles. The molecule has 1 atom stereocenters. The molecule has 5 nitrogen and oxygen atoms in total. The Morgan fingerprint density at radius 3 is 2.45 bits per heavy atom. The minimum Gasteiger partial charge on any atom is -0.494 e. The van der Waals surface area contributed by atoms with Crippen molar-refractivity contribution >= 4 is 17.5 Å². The number of hydrogen-bond acceptors (Lipinski definition) is 3. The van der Waals surface area contributed by atoms with Crippen molar-refractivity contribution in [2.45, 2.75) is 12.5 Å². The van der Waals surface area contributed by atoms with Crippen molar-refractivity contribution in [3.8, 4) is 5.75 Å². The number of carbonyl (C=O) groups excluding carboxylic acids is 2. The Balaban J connectivity index is 1.72. The van der Waals surface area contributed by atoms with E-state index in [0.29, 0.717) is 24.3 Å². The van der Waals surface area contributed by atoms with E-state index in [1.54, 1.807) is 36.4 Å². The summed E-state index contributed by atoms with van der Waals surface area (Å²) in [5.41, 5.74) is 1.64. The maximum atomic E-state index is 13.4. The van der Waals surface area contributed by atoms with Gasteiger partial charge in [0.1, 0.15) is 11.6 Å². The van der Waals surface area contributed by atoms with Crippen molar-refractivity contribution < 1.29 is 18.7 Å². The zero-order valence-corrected chi connectivity index (χ0v) is 16.9. The highest BCUT2D eigenvalue weighted by Crippen LogP contribution is 2.20. The SMILES string of the molecule is C=CC(=O)Nc1cccc(C(=O)NC(CCOc2ccccc2)c2ccc(F)cc2)c1. The van der Waals surface area contributed by atoms with Crippen LogP contribution in [0.15, 0.2) is 91.5 Å². The van der Waals surface area contributed by atoms with Crippen LogP contribution < -0.4 is 15.4 Å². The summed E-state index contributed by atoms with van der Waals surface area (Å²) in [6, 6.07) is 21.6. The van der Waals surface area contributed by atoms with Crippen LogP contribution in [-0.4, -0.2) is 18.4 Å². The van der Waals surface area contributed by atoms with E-state index < -0.39 is 0 Å². The molecule has 3 aromatic carbocycles. The molecule has 0 radical (unpaired) electrons. The first-order valence-corrected chi connectivity index (χ1v) is 9.83. The minimum absolute atomic E-state index is 0.316. The predicted molar refractivity (Wildman–Crippen MR) is 118 cm³/mol. The van der Waals surface area contributed by atoms with Gasteiger partial charge >= 0.3 is 0 Å². The van der Waals surface area contributed by atoms with Crippen molar-refractivity contribution in [3.05, 3.63) is 108 Å². The lowest BCUT2D eigenvalue weighted by molar-refractivity contribution is -0.111. The summed E-state index contributed by atoms with van der Waals surface area (Å²) in [6.45, 7) is 3.78. The van der Waals surface area contributed by atoms with Crippen molar-refractivity contribution in [1.29, 1.82) is 0 Å². The van der Waals surface area contributed by atoms with Gasteiger partial charge in [-0.05, 0) is 54.1 Å². The molecule has 0 fully saturated rings. The average Bonchev–Trinajstić information content (AvgIpc) is 2.79. The highest BCUT2D eigenvalue weighted by Gasteiger charge is 2.17. The average molecular weight is 418 g/mol. The highest BCUT2D eigenvalue weighted by atomic mass is 19.1. The Bertz CT molecular complexity index is 1040. The fourth-order valence-corrected chi connectivity index (χ4v) is 3.00. The molecule has 1 unspecified atom stereocenters. The number of nitrogens with one attached hydrogen (secondary N) is 2. The summed E-state index contributed by atoms with van der Waals surface area (Å²) < 4.78 is 19.1. The molecule has 0 aliphatic heterocycles. The summed E-state index contributed by atoms with van der Waals surface area (Å²) in [5.74, 6) is -0.291. The van der Waals surface area contributed by atoms with Gasteiger partial charge in [0, 0.05) is 17.7 Å². The first-order valence-electron chi connectivity index (χ1n) is 9.83. The summed E-state index contributed by atoms with van der Waals surface area (Å²) in [5, 5.41) is 5.61. The van der Waals surface area contributed by atoms with Crippen molar-refractivity contribution in [2.24, 2.45) is 0 Å². The van der Waals surface area contributed by atoms with Gasteiger partial charge in [-0.2, -0.15) is 0 Å². The van der Waals surface area contributed by atoms with Crippen LogP contribution in [0, 0.1) is 5.82 Å². The van der Waals surface area contributed by atoms with E-state index in [0.717, 1.165) is 17.4 Å². The Kier molecular flexibility index (Phi) is 7.54. The Labute approximate surface area is 180 Å². The first-order chi connectivity index (χ1) is 15.0. The third-order valence-corrected chi connectivity index (χ3v) is 4.57. The van der Waals surface area contributed by atoms with Crippen molar-refractivity contribution in [1.82, 2.24) is 5.32 Å². The van der Waals surface area contributed by atoms with Gasteiger partial charge in [-0.1, -0.05) is 43.0 Å². The van der Waals surface area contributed by atoms with Gasteiger partial charge in [-0.15, -0.1) is 0 Å². The molecule has 2 N–H and O–H groups in total. The molecular weight excluding hydrogens is 395 g/mol. The molecule has 0 saturated carbocycles. The van der Waals surface area contributed by atoms with E-state index >= 15 is 0 Å². The van der Waals surface area contributed by atoms with Gasteiger partial charge in [0.05, 0.1) is 12.6 Å². The summed E-state index contributed by atoms with van der Waals surface area (Å²) in [4.78, 5) is 24.4. The van der Waals surface area contributed by atoms with Gasteiger partial charge in [-0.25, -0.2) is 4.39 Å². The molecule has 31 heavy (non-hydrogen) atoms. The quantitative estimate of drug-likeness (QED) is 0.486. The number of halogens is 1. The van der Waals surface area contributed by atoms with Gasteiger partial charge in [0.15, 0.2) is 0 Å².